The number of rotatable bonds is 2. The van der Waals surface area contributed by atoms with Gasteiger partial charge < -0.3 is 9.90 Å². The highest BCUT2D eigenvalue weighted by Gasteiger charge is 2.16. The summed E-state index contributed by atoms with van der Waals surface area (Å²) in [6.45, 7) is 3.65. The van der Waals surface area contributed by atoms with E-state index >= 15 is 0 Å². The van der Waals surface area contributed by atoms with E-state index in [9.17, 15) is 9.90 Å². The Morgan fingerprint density at radius 3 is 2.69 bits per heavy atom. The predicted octanol–water partition coefficient (Wildman–Crippen LogP) is 1.19. The van der Waals surface area contributed by atoms with Gasteiger partial charge in [0.2, 0.25) is 0 Å². The fourth-order valence-electron chi connectivity index (χ4n) is 1.68. The lowest BCUT2D eigenvalue weighted by atomic mass is 10.1. The Morgan fingerprint density at radius 2 is 2.12 bits per heavy atom. The topological polar surface area (TPSA) is 65.9 Å². The molecular formula is C11H9N2O2S-. The highest BCUT2D eigenvalue weighted by molar-refractivity contribution is 7.12. The van der Waals surface area contributed by atoms with E-state index in [1.54, 1.807) is 19.2 Å². The Balaban J connectivity index is 2.69. The van der Waals surface area contributed by atoms with Crippen LogP contribution in [0.5, 0.6) is 0 Å². The van der Waals surface area contributed by atoms with Crippen LogP contribution < -0.4 is 5.11 Å². The molecule has 2 heterocycles. The van der Waals surface area contributed by atoms with Gasteiger partial charge in [-0.25, -0.2) is 9.97 Å². The van der Waals surface area contributed by atoms with Gasteiger partial charge >= 0.3 is 0 Å². The molecule has 0 amide bonds. The highest BCUT2D eigenvalue weighted by Crippen LogP contribution is 2.34. The van der Waals surface area contributed by atoms with E-state index in [4.69, 9.17) is 0 Å². The molecule has 0 saturated heterocycles. The number of nitrogens with zero attached hydrogens (tertiary/aromatic N) is 2. The van der Waals surface area contributed by atoms with Crippen LogP contribution in [0.4, 0.5) is 0 Å². The minimum atomic E-state index is -1.16. The van der Waals surface area contributed by atoms with Crippen molar-refractivity contribution in [2.75, 3.05) is 0 Å². The minimum absolute atomic E-state index is 0.237. The molecule has 0 unspecified atom stereocenters. The number of carboxylic acid groups (broad SMARTS) is 1. The van der Waals surface area contributed by atoms with Gasteiger partial charge in [0, 0.05) is 27.1 Å². The van der Waals surface area contributed by atoms with Crippen molar-refractivity contribution in [2.24, 2.45) is 0 Å². The third kappa shape index (κ3) is 1.69. The number of carbonyl (C=O) groups excluding carboxylic acids is 1. The second-order valence-electron chi connectivity index (χ2n) is 3.35. The number of carboxylic acids is 1. The van der Waals surface area contributed by atoms with Gasteiger partial charge in [0.05, 0.1) is 11.7 Å². The molecule has 0 aliphatic rings. The van der Waals surface area contributed by atoms with Crippen LogP contribution in [-0.4, -0.2) is 15.9 Å². The molecule has 82 valence electrons. The molecule has 5 heteroatoms. The van der Waals surface area contributed by atoms with E-state index in [-0.39, 0.29) is 5.56 Å². The largest absolute Gasteiger partial charge is 0.545 e. The zero-order valence-corrected chi connectivity index (χ0v) is 9.67. The summed E-state index contributed by atoms with van der Waals surface area (Å²) in [4.78, 5) is 20.6. The first-order valence-electron chi connectivity index (χ1n) is 4.69. The third-order valence-corrected chi connectivity index (χ3v) is 3.32. The summed E-state index contributed by atoms with van der Waals surface area (Å²) in [6, 6.07) is 1.70. The number of aromatic carboxylic acids is 1. The van der Waals surface area contributed by atoms with Gasteiger partial charge in [0.25, 0.3) is 0 Å². The minimum Gasteiger partial charge on any atom is -0.545 e. The van der Waals surface area contributed by atoms with Crippen LogP contribution in [0.2, 0.25) is 0 Å². The number of thiophene rings is 1. The molecule has 0 saturated carbocycles. The van der Waals surface area contributed by atoms with E-state index < -0.39 is 5.97 Å². The van der Waals surface area contributed by atoms with E-state index in [1.165, 1.54) is 17.7 Å². The van der Waals surface area contributed by atoms with E-state index in [0.29, 0.717) is 11.3 Å². The summed E-state index contributed by atoms with van der Waals surface area (Å²) in [5.74, 6) is -1.16. The highest BCUT2D eigenvalue weighted by atomic mass is 32.1. The molecular weight excluding hydrogens is 224 g/mol. The van der Waals surface area contributed by atoms with Crippen molar-refractivity contribution in [2.45, 2.75) is 13.8 Å². The normalized spacial score (nSPS) is 10.4. The summed E-state index contributed by atoms with van der Waals surface area (Å²) in [5.41, 5.74) is 1.50. The fourth-order valence-corrected chi connectivity index (χ4v) is 2.73. The molecule has 0 N–H and O–H groups in total. The molecule has 0 atom stereocenters. The lowest BCUT2D eigenvalue weighted by molar-refractivity contribution is -0.254. The average molecular weight is 233 g/mol. The second kappa shape index (κ2) is 4.02. The van der Waals surface area contributed by atoms with E-state index in [0.717, 1.165) is 9.75 Å². The smallest absolute Gasteiger partial charge is 0.116 e. The first-order chi connectivity index (χ1) is 7.61. The summed E-state index contributed by atoms with van der Waals surface area (Å²) < 4.78 is 0. The molecule has 4 nitrogen and oxygen atoms in total. The number of hydrogen-bond acceptors (Lipinski definition) is 5. The zero-order chi connectivity index (χ0) is 11.7. The molecule has 0 aliphatic heterocycles. The van der Waals surface area contributed by atoms with Crippen molar-refractivity contribution >= 4 is 17.3 Å². The van der Waals surface area contributed by atoms with Crippen LogP contribution in [0.1, 0.15) is 20.1 Å². The molecule has 0 bridgehead atoms. The van der Waals surface area contributed by atoms with Gasteiger partial charge in [-0.2, -0.15) is 0 Å². The van der Waals surface area contributed by atoms with Crippen molar-refractivity contribution in [1.29, 1.82) is 0 Å². The molecule has 0 aromatic carbocycles. The summed E-state index contributed by atoms with van der Waals surface area (Å²) in [6.07, 6.45) is 2.99. The number of aryl methyl sites for hydroxylation is 2. The SMILES string of the molecule is Cc1sc(C)c(-c2ccncn2)c1C(=O)[O-]. The molecule has 2 aromatic rings. The Hall–Kier alpha value is -1.75. The maximum Gasteiger partial charge on any atom is 0.116 e. The molecule has 0 radical (unpaired) electrons. The van der Waals surface area contributed by atoms with E-state index in [1.807, 2.05) is 6.92 Å². The van der Waals surface area contributed by atoms with Crippen molar-refractivity contribution in [3.63, 3.8) is 0 Å². The second-order valence-corrected chi connectivity index (χ2v) is 4.78. The fraction of sp³-hybridized carbons (Fsp3) is 0.182. The third-order valence-electron chi connectivity index (χ3n) is 2.30. The van der Waals surface area contributed by atoms with Crippen molar-refractivity contribution in [3.8, 4) is 11.3 Å². The molecule has 2 aromatic heterocycles. The first-order valence-corrected chi connectivity index (χ1v) is 5.50. The molecule has 0 aliphatic carbocycles. The summed E-state index contributed by atoms with van der Waals surface area (Å²) >= 11 is 1.44. The molecule has 0 spiro atoms. The Kier molecular flexibility index (Phi) is 2.70. The lowest BCUT2D eigenvalue weighted by Gasteiger charge is -2.06. The average Bonchev–Trinajstić information content (AvgIpc) is 2.55. The summed E-state index contributed by atoms with van der Waals surface area (Å²) in [5, 5.41) is 11.1. The van der Waals surface area contributed by atoms with Gasteiger partial charge in [0.1, 0.15) is 6.33 Å². The van der Waals surface area contributed by atoms with Crippen molar-refractivity contribution in [1.82, 2.24) is 9.97 Å². The zero-order valence-electron chi connectivity index (χ0n) is 8.85. The van der Waals surface area contributed by atoms with Gasteiger partial charge in [-0.15, -0.1) is 11.3 Å². The number of aromatic nitrogens is 2. The Morgan fingerprint density at radius 1 is 1.38 bits per heavy atom. The van der Waals surface area contributed by atoms with Crippen LogP contribution >= 0.6 is 11.3 Å². The molecule has 2 rings (SSSR count). The number of carbonyl (C=O) groups is 1. The van der Waals surface area contributed by atoms with Crippen LogP contribution in [-0.2, 0) is 0 Å². The Labute approximate surface area is 96.6 Å². The van der Waals surface area contributed by atoms with Gasteiger partial charge in [0.15, 0.2) is 0 Å². The monoisotopic (exact) mass is 233 g/mol. The standard InChI is InChI=1S/C11H10N2O2S/c1-6-9(8-3-4-12-5-13-8)10(11(14)15)7(2)16-6/h3-5H,1-2H3,(H,14,15)/p-1. The number of hydrogen-bond donors (Lipinski definition) is 0. The summed E-state index contributed by atoms with van der Waals surface area (Å²) in [7, 11) is 0. The maximum absolute atomic E-state index is 11.1. The maximum atomic E-state index is 11.1. The molecule has 16 heavy (non-hydrogen) atoms. The van der Waals surface area contributed by atoms with Crippen molar-refractivity contribution < 1.29 is 9.90 Å². The van der Waals surface area contributed by atoms with Gasteiger partial charge in [-0.3, -0.25) is 0 Å². The molecule has 0 fully saturated rings. The van der Waals surface area contributed by atoms with Gasteiger partial charge in [-0.05, 0) is 19.9 Å². The quantitative estimate of drug-likeness (QED) is 0.781. The Bertz CT molecular complexity index is 534. The van der Waals surface area contributed by atoms with Crippen LogP contribution in [0.25, 0.3) is 11.3 Å². The first kappa shape index (κ1) is 10.8. The predicted molar refractivity (Wildman–Crippen MR) is 59.1 cm³/mol. The van der Waals surface area contributed by atoms with Crippen LogP contribution in [0.15, 0.2) is 18.6 Å². The van der Waals surface area contributed by atoms with Crippen LogP contribution in [0.3, 0.4) is 0 Å². The lowest BCUT2D eigenvalue weighted by Crippen LogP contribution is -2.23. The van der Waals surface area contributed by atoms with Gasteiger partial charge in [-0.1, -0.05) is 0 Å². The van der Waals surface area contributed by atoms with Crippen LogP contribution in [0, 0.1) is 13.8 Å². The van der Waals surface area contributed by atoms with Crippen molar-refractivity contribution in [3.05, 3.63) is 33.9 Å². The van der Waals surface area contributed by atoms with E-state index in [2.05, 4.69) is 9.97 Å².